The Balaban J connectivity index is 3.56. The van der Waals surface area contributed by atoms with Gasteiger partial charge in [-0.25, -0.2) is 0 Å². The Morgan fingerprint density at radius 3 is 1.60 bits per heavy atom. The van der Waals surface area contributed by atoms with Gasteiger partial charge in [-0.05, 0) is 20.8 Å². The highest BCUT2D eigenvalue weighted by atomic mass is 29.2. The molecule has 0 aliphatic rings. The molecule has 0 spiro atoms. The molecular weight excluding hydrogens is 156 g/mol. The molecule has 60 valence electrons. The van der Waals surface area contributed by atoms with Gasteiger partial charge in [-0.3, -0.25) is 0 Å². The fourth-order valence-corrected chi connectivity index (χ4v) is 2.76. The summed E-state index contributed by atoms with van der Waals surface area (Å²) in [6, 6.07) is 0. The topological polar surface area (TPSA) is 9.23 Å². The molecule has 3 heteroatoms. The van der Waals surface area contributed by atoms with E-state index in [4.69, 9.17) is 4.43 Å². The third-order valence-corrected chi connectivity index (χ3v) is 4.13. The lowest BCUT2D eigenvalue weighted by atomic mass is 10.2. The molecule has 0 aliphatic carbocycles. The Labute approximate surface area is 67.9 Å². The summed E-state index contributed by atoms with van der Waals surface area (Å²) in [5.41, 5.74) is 0.0543. The van der Waals surface area contributed by atoms with E-state index in [0.717, 1.165) is 9.28 Å². The fourth-order valence-electron chi connectivity index (χ4n) is 0.306. The second-order valence-electron chi connectivity index (χ2n) is 4.57. The molecule has 0 heterocycles. The Morgan fingerprint density at radius 1 is 1.10 bits per heavy atom. The van der Waals surface area contributed by atoms with Crippen molar-refractivity contribution in [1.29, 1.82) is 0 Å². The van der Waals surface area contributed by atoms with Gasteiger partial charge in [0, 0.05) is 5.60 Å². The van der Waals surface area contributed by atoms with Crippen molar-refractivity contribution in [2.75, 3.05) is 0 Å². The zero-order valence-corrected chi connectivity index (χ0v) is 9.91. The smallest absolute Gasteiger partial charge is 0.212 e. The normalized spacial score (nSPS) is 13.8. The van der Waals surface area contributed by atoms with Crippen molar-refractivity contribution in [3.05, 3.63) is 0 Å². The van der Waals surface area contributed by atoms with Crippen molar-refractivity contribution in [2.45, 2.75) is 46.0 Å². The van der Waals surface area contributed by atoms with Crippen molar-refractivity contribution in [3.8, 4) is 0 Å². The average molecular weight is 174 g/mol. The van der Waals surface area contributed by atoms with Crippen LogP contribution < -0.4 is 0 Å². The van der Waals surface area contributed by atoms with Crippen molar-refractivity contribution in [2.24, 2.45) is 0 Å². The molecule has 0 fully saturated rings. The maximum absolute atomic E-state index is 5.68. The van der Waals surface area contributed by atoms with Crippen molar-refractivity contribution in [3.63, 3.8) is 0 Å². The summed E-state index contributed by atoms with van der Waals surface area (Å²) in [7, 11) is -0.230. The lowest BCUT2D eigenvalue weighted by Gasteiger charge is -2.24. The van der Waals surface area contributed by atoms with E-state index in [0.29, 0.717) is 0 Å². The van der Waals surface area contributed by atoms with Crippen LogP contribution in [0.3, 0.4) is 0 Å². The van der Waals surface area contributed by atoms with E-state index in [1.165, 1.54) is 0 Å². The Bertz CT molecular complexity index is 85.2. The zero-order valence-electron chi connectivity index (χ0n) is 7.91. The van der Waals surface area contributed by atoms with Crippen molar-refractivity contribution >= 4 is 16.9 Å². The van der Waals surface area contributed by atoms with Gasteiger partial charge in [0.2, 0.25) is 9.28 Å². The second-order valence-corrected chi connectivity index (χ2v) is 14.6. The van der Waals surface area contributed by atoms with Gasteiger partial charge in [0.05, 0.1) is 7.59 Å². The van der Waals surface area contributed by atoms with E-state index in [1.54, 1.807) is 0 Å². The average Bonchev–Trinajstić information content (AvgIpc) is 1.57. The van der Waals surface area contributed by atoms with Crippen LogP contribution in [0.15, 0.2) is 0 Å². The predicted octanol–water partition coefficient (Wildman–Crippen LogP) is 2.26. The highest BCUT2D eigenvalue weighted by Crippen LogP contribution is 2.08. The highest BCUT2D eigenvalue weighted by molar-refractivity contribution is 7.20. The molecule has 0 aromatic heterocycles. The SMILES string of the molecule is CC(C)(C)O[Si][Si](C)(C)C. The molecule has 0 aliphatic heterocycles. The van der Waals surface area contributed by atoms with Gasteiger partial charge in [-0.1, -0.05) is 19.6 Å². The summed E-state index contributed by atoms with van der Waals surface area (Å²) in [6.07, 6.45) is 0. The summed E-state index contributed by atoms with van der Waals surface area (Å²) >= 11 is 0. The van der Waals surface area contributed by atoms with Crippen LogP contribution in [0.2, 0.25) is 19.6 Å². The Kier molecular flexibility index (Phi) is 3.32. The molecule has 0 bridgehead atoms. The number of rotatable bonds is 2. The third kappa shape index (κ3) is 8.39. The first-order chi connectivity index (χ1) is 4.21. The molecule has 0 atom stereocenters. The summed E-state index contributed by atoms with van der Waals surface area (Å²) < 4.78 is 5.68. The van der Waals surface area contributed by atoms with Gasteiger partial charge in [0.1, 0.15) is 0 Å². The monoisotopic (exact) mass is 174 g/mol. The van der Waals surface area contributed by atoms with Crippen molar-refractivity contribution in [1.82, 2.24) is 0 Å². The van der Waals surface area contributed by atoms with E-state index < -0.39 is 7.59 Å². The summed E-state index contributed by atoms with van der Waals surface area (Å²) in [5.74, 6) is 0. The van der Waals surface area contributed by atoms with Crippen molar-refractivity contribution < 1.29 is 4.43 Å². The fraction of sp³-hybridized carbons (Fsp3) is 1.00. The standard InChI is InChI=1S/C7H18OSi2/c1-7(2,3)8-9-10(4,5)6/h1-6H3. The minimum atomic E-state index is -0.961. The van der Waals surface area contributed by atoms with Crippen LogP contribution in [0, 0.1) is 0 Å². The second kappa shape index (κ2) is 3.19. The summed E-state index contributed by atoms with van der Waals surface area (Å²) in [4.78, 5) is 0. The van der Waals surface area contributed by atoms with Crippen LogP contribution >= 0.6 is 0 Å². The molecule has 0 unspecified atom stereocenters. The largest absolute Gasteiger partial charge is 0.417 e. The third-order valence-electron chi connectivity index (χ3n) is 0.663. The summed E-state index contributed by atoms with van der Waals surface area (Å²) in [6.45, 7) is 13.3. The molecule has 2 radical (unpaired) electrons. The quantitative estimate of drug-likeness (QED) is 0.584. The number of hydrogen-bond acceptors (Lipinski definition) is 1. The first kappa shape index (κ1) is 10.4. The maximum atomic E-state index is 5.68. The molecule has 0 rings (SSSR count). The van der Waals surface area contributed by atoms with E-state index >= 15 is 0 Å². The lowest BCUT2D eigenvalue weighted by Crippen LogP contribution is -2.37. The highest BCUT2D eigenvalue weighted by Gasteiger charge is 2.20. The molecule has 0 aromatic rings. The van der Waals surface area contributed by atoms with Gasteiger partial charge < -0.3 is 4.43 Å². The Hall–Kier alpha value is 0.394. The maximum Gasteiger partial charge on any atom is 0.212 e. The molecule has 0 saturated heterocycles. The number of hydrogen-bond donors (Lipinski definition) is 0. The minimum Gasteiger partial charge on any atom is -0.417 e. The molecule has 0 amide bonds. The van der Waals surface area contributed by atoms with E-state index in [2.05, 4.69) is 40.4 Å². The Morgan fingerprint density at radius 2 is 1.50 bits per heavy atom. The van der Waals surface area contributed by atoms with Crippen LogP contribution in [-0.2, 0) is 4.43 Å². The van der Waals surface area contributed by atoms with Crippen LogP contribution in [0.1, 0.15) is 20.8 Å². The van der Waals surface area contributed by atoms with E-state index in [-0.39, 0.29) is 5.60 Å². The van der Waals surface area contributed by atoms with Crippen LogP contribution in [-0.4, -0.2) is 22.5 Å². The van der Waals surface area contributed by atoms with E-state index in [1.807, 2.05) is 0 Å². The minimum absolute atomic E-state index is 0.0543. The predicted molar refractivity (Wildman–Crippen MR) is 49.9 cm³/mol. The summed E-state index contributed by atoms with van der Waals surface area (Å²) in [5, 5.41) is 0. The lowest BCUT2D eigenvalue weighted by molar-refractivity contribution is 0.143. The van der Waals surface area contributed by atoms with Gasteiger partial charge in [-0.15, -0.1) is 0 Å². The molecule has 0 aromatic carbocycles. The van der Waals surface area contributed by atoms with Gasteiger partial charge in [0.25, 0.3) is 0 Å². The van der Waals surface area contributed by atoms with Gasteiger partial charge in [0.15, 0.2) is 0 Å². The van der Waals surface area contributed by atoms with Crippen LogP contribution in [0.5, 0.6) is 0 Å². The molecule has 1 nitrogen and oxygen atoms in total. The van der Waals surface area contributed by atoms with Crippen LogP contribution in [0.25, 0.3) is 0 Å². The molecular formula is C7H18OSi2. The van der Waals surface area contributed by atoms with E-state index in [9.17, 15) is 0 Å². The first-order valence-electron chi connectivity index (χ1n) is 3.66. The van der Waals surface area contributed by atoms with Crippen LogP contribution in [0.4, 0.5) is 0 Å². The molecule has 10 heavy (non-hydrogen) atoms. The van der Waals surface area contributed by atoms with Gasteiger partial charge >= 0.3 is 0 Å². The zero-order chi connectivity index (χ0) is 8.41. The van der Waals surface area contributed by atoms with Gasteiger partial charge in [-0.2, -0.15) is 0 Å². The first-order valence-corrected chi connectivity index (χ1v) is 9.07. The molecule has 0 N–H and O–H groups in total. The molecule has 0 saturated carbocycles.